The van der Waals surface area contributed by atoms with Crippen molar-refractivity contribution in [3.63, 3.8) is 0 Å². The second-order valence-electron chi connectivity index (χ2n) is 5.02. The molecule has 0 fully saturated rings. The zero-order valence-corrected chi connectivity index (χ0v) is 15.8. The van der Waals surface area contributed by atoms with Crippen molar-refractivity contribution in [3.8, 4) is 11.8 Å². The first kappa shape index (κ1) is 19.7. The number of carbonyl (C=O) groups is 1. The van der Waals surface area contributed by atoms with E-state index in [2.05, 4.69) is 27.8 Å². The summed E-state index contributed by atoms with van der Waals surface area (Å²) in [7, 11) is 0. The third kappa shape index (κ3) is 4.94. The smallest absolute Gasteiger partial charge is 0.266 e. The zero-order chi connectivity index (χ0) is 19.1. The van der Waals surface area contributed by atoms with Gasteiger partial charge in [0.2, 0.25) is 0 Å². The van der Waals surface area contributed by atoms with Crippen molar-refractivity contribution in [1.29, 1.82) is 5.26 Å². The highest BCUT2D eigenvalue weighted by atomic mass is 79.9. The first-order chi connectivity index (χ1) is 12.5. The van der Waals surface area contributed by atoms with Crippen LogP contribution in [-0.4, -0.2) is 12.5 Å². The highest BCUT2D eigenvalue weighted by Gasteiger charge is 2.13. The van der Waals surface area contributed by atoms with Crippen LogP contribution < -0.4 is 10.1 Å². The number of carbonyl (C=O) groups excluding carboxylic acids is 1. The lowest BCUT2D eigenvalue weighted by Crippen LogP contribution is -2.14. The Morgan fingerprint density at radius 1 is 1.42 bits per heavy atom. The minimum absolute atomic E-state index is 0.00830. The van der Waals surface area contributed by atoms with Crippen molar-refractivity contribution in [3.05, 3.63) is 75.5 Å². The van der Waals surface area contributed by atoms with Gasteiger partial charge >= 0.3 is 0 Å². The molecule has 0 aliphatic heterocycles. The number of benzene rings is 2. The van der Waals surface area contributed by atoms with Crippen molar-refractivity contribution in [2.75, 3.05) is 11.9 Å². The number of ether oxygens (including phenoxy) is 1. The summed E-state index contributed by atoms with van der Waals surface area (Å²) in [5.41, 5.74) is 0.301. The number of rotatable bonds is 6. The molecule has 0 spiro atoms. The van der Waals surface area contributed by atoms with E-state index in [1.54, 1.807) is 30.3 Å². The van der Waals surface area contributed by atoms with Gasteiger partial charge in [-0.15, -0.1) is 0 Å². The first-order valence-electron chi connectivity index (χ1n) is 7.36. The summed E-state index contributed by atoms with van der Waals surface area (Å²) in [5, 5.41) is 11.9. The molecule has 2 rings (SSSR count). The monoisotopic (exact) mass is 434 g/mol. The molecule has 0 unspecified atom stereocenters. The lowest BCUT2D eigenvalue weighted by molar-refractivity contribution is -0.112. The second kappa shape index (κ2) is 9.18. The molecule has 1 N–H and O–H groups in total. The quantitative estimate of drug-likeness (QED) is 0.378. The Morgan fingerprint density at radius 2 is 2.15 bits per heavy atom. The van der Waals surface area contributed by atoms with Crippen LogP contribution in [0.4, 0.5) is 10.1 Å². The fourth-order valence-corrected chi connectivity index (χ4v) is 3.00. The topological polar surface area (TPSA) is 62.1 Å². The van der Waals surface area contributed by atoms with E-state index in [1.807, 2.05) is 0 Å². The number of hydrogen-bond donors (Lipinski definition) is 1. The van der Waals surface area contributed by atoms with Gasteiger partial charge in [-0.2, -0.15) is 5.26 Å². The maximum Gasteiger partial charge on any atom is 0.266 e. The molecular weight excluding hydrogens is 423 g/mol. The molecule has 0 heterocycles. The first-order valence-corrected chi connectivity index (χ1v) is 8.53. The summed E-state index contributed by atoms with van der Waals surface area (Å²) in [6.07, 6.45) is 2.93. The third-order valence-corrected chi connectivity index (χ3v) is 4.03. The maximum absolute atomic E-state index is 13.6. The van der Waals surface area contributed by atoms with Crippen molar-refractivity contribution in [2.24, 2.45) is 0 Å². The Labute approximate surface area is 163 Å². The molecule has 26 heavy (non-hydrogen) atoms. The number of hydrogen-bond acceptors (Lipinski definition) is 3. The van der Waals surface area contributed by atoms with Crippen LogP contribution in [0.25, 0.3) is 6.08 Å². The Morgan fingerprint density at radius 3 is 2.77 bits per heavy atom. The third-order valence-electron chi connectivity index (χ3n) is 3.16. The Hall–Kier alpha value is -2.62. The van der Waals surface area contributed by atoms with Crippen molar-refractivity contribution < 1.29 is 13.9 Å². The van der Waals surface area contributed by atoms with Gasteiger partial charge in [-0.1, -0.05) is 36.4 Å². The molecule has 0 aromatic heterocycles. The number of para-hydroxylation sites is 1. The summed E-state index contributed by atoms with van der Waals surface area (Å²) in [6, 6.07) is 10.7. The van der Waals surface area contributed by atoms with Gasteiger partial charge in [0.1, 0.15) is 24.1 Å². The summed E-state index contributed by atoms with van der Waals surface area (Å²) < 4.78 is 19.6. The molecule has 0 aliphatic rings. The molecule has 0 bridgehead atoms. The van der Waals surface area contributed by atoms with Crippen LogP contribution in [0, 0.1) is 17.1 Å². The van der Waals surface area contributed by atoms with Crippen LogP contribution >= 0.6 is 27.5 Å². The minimum atomic E-state index is -0.725. The Balaban J connectivity index is 2.28. The van der Waals surface area contributed by atoms with Crippen LogP contribution in [0.3, 0.4) is 0 Å². The van der Waals surface area contributed by atoms with Gasteiger partial charge in [0.15, 0.2) is 5.75 Å². The van der Waals surface area contributed by atoms with Crippen LogP contribution in [0.15, 0.2) is 59.1 Å². The van der Waals surface area contributed by atoms with Crippen LogP contribution in [0.2, 0.25) is 5.02 Å². The second-order valence-corrected chi connectivity index (χ2v) is 6.28. The number of nitriles is 1. The van der Waals surface area contributed by atoms with E-state index in [9.17, 15) is 14.4 Å². The predicted molar refractivity (Wildman–Crippen MR) is 103 cm³/mol. The number of nitrogens with zero attached hydrogens (tertiary/aromatic N) is 1. The lowest BCUT2D eigenvalue weighted by Gasteiger charge is -2.10. The molecular formula is C19H13BrClFN2O2. The number of halogens is 3. The summed E-state index contributed by atoms with van der Waals surface area (Å²) in [6.45, 7) is 3.84. The molecule has 2 aromatic rings. The normalized spacial score (nSPS) is 10.8. The van der Waals surface area contributed by atoms with E-state index in [1.165, 1.54) is 24.3 Å². The van der Waals surface area contributed by atoms with Gasteiger partial charge < -0.3 is 10.1 Å². The molecule has 7 heteroatoms. The molecule has 0 saturated carbocycles. The van der Waals surface area contributed by atoms with Gasteiger partial charge in [0.05, 0.1) is 15.2 Å². The molecule has 132 valence electrons. The number of amides is 1. The Kier molecular flexibility index (Phi) is 6.96. The summed E-state index contributed by atoms with van der Waals surface area (Å²) in [4.78, 5) is 12.2. The zero-order valence-electron chi connectivity index (χ0n) is 13.4. The maximum atomic E-state index is 13.6. The van der Waals surface area contributed by atoms with Crippen LogP contribution in [0.1, 0.15) is 5.56 Å². The molecule has 4 nitrogen and oxygen atoms in total. The van der Waals surface area contributed by atoms with Crippen LogP contribution in [0.5, 0.6) is 5.75 Å². The van der Waals surface area contributed by atoms with Gasteiger partial charge in [0.25, 0.3) is 5.91 Å². The summed E-state index contributed by atoms with van der Waals surface area (Å²) >= 11 is 9.51. The molecule has 0 saturated heterocycles. The SMILES string of the molecule is C=CCOc1c(Cl)cc(/C=C(/C#N)C(=O)Nc2ccccc2F)cc1Br. The van der Waals surface area contributed by atoms with Gasteiger partial charge in [-0.25, -0.2) is 4.39 Å². The van der Waals surface area contributed by atoms with Gasteiger partial charge in [-0.05, 0) is 51.8 Å². The lowest BCUT2D eigenvalue weighted by atomic mass is 10.1. The average Bonchev–Trinajstić information content (AvgIpc) is 2.61. The van der Waals surface area contributed by atoms with E-state index < -0.39 is 11.7 Å². The number of anilines is 1. The van der Waals surface area contributed by atoms with E-state index >= 15 is 0 Å². The summed E-state index contributed by atoms with van der Waals surface area (Å²) in [5.74, 6) is -0.887. The minimum Gasteiger partial charge on any atom is -0.487 e. The highest BCUT2D eigenvalue weighted by molar-refractivity contribution is 9.10. The molecule has 2 aromatic carbocycles. The Bertz CT molecular complexity index is 899. The van der Waals surface area contributed by atoms with Gasteiger partial charge in [0, 0.05) is 0 Å². The highest BCUT2D eigenvalue weighted by Crippen LogP contribution is 2.35. The van der Waals surface area contributed by atoms with E-state index in [0.29, 0.717) is 20.8 Å². The fraction of sp³-hybridized carbons (Fsp3) is 0.0526. The number of nitrogens with one attached hydrogen (secondary N) is 1. The fourth-order valence-electron chi connectivity index (χ4n) is 2.01. The van der Waals surface area contributed by atoms with E-state index in [-0.39, 0.29) is 17.9 Å². The average molecular weight is 436 g/mol. The van der Waals surface area contributed by atoms with Crippen LogP contribution in [-0.2, 0) is 4.79 Å². The molecule has 0 aliphatic carbocycles. The van der Waals surface area contributed by atoms with E-state index in [0.717, 1.165) is 0 Å². The van der Waals surface area contributed by atoms with Gasteiger partial charge in [-0.3, -0.25) is 4.79 Å². The molecule has 1 amide bonds. The van der Waals surface area contributed by atoms with Crippen molar-refractivity contribution >= 4 is 45.2 Å². The van der Waals surface area contributed by atoms with E-state index in [4.69, 9.17) is 16.3 Å². The molecule has 0 radical (unpaired) electrons. The predicted octanol–water partition coefficient (Wildman–Crippen LogP) is 5.35. The van der Waals surface area contributed by atoms with Crippen molar-refractivity contribution in [2.45, 2.75) is 0 Å². The van der Waals surface area contributed by atoms with Crippen molar-refractivity contribution in [1.82, 2.24) is 0 Å². The largest absolute Gasteiger partial charge is 0.487 e. The molecule has 0 atom stereocenters. The standard InChI is InChI=1S/C19H13BrClFN2O2/c1-2-7-26-18-14(20)9-12(10-15(18)21)8-13(11-23)19(25)24-17-6-4-3-5-16(17)22/h2-6,8-10H,1,7H2,(H,24,25)/b13-8-.